The minimum Gasteiger partial charge on any atom is -0.355 e. The molecular formula is C23H28BrFN4O2. The minimum atomic E-state index is -0.480. The first-order valence-electron chi connectivity index (χ1n) is 10.5. The molecule has 6 nitrogen and oxygen atoms in total. The summed E-state index contributed by atoms with van der Waals surface area (Å²) in [5, 5.41) is 5.55. The maximum Gasteiger partial charge on any atom is 0.252 e. The number of amides is 2. The van der Waals surface area contributed by atoms with E-state index in [1.165, 1.54) is 23.8 Å². The highest BCUT2D eigenvalue weighted by Crippen LogP contribution is 2.17. The van der Waals surface area contributed by atoms with Crippen LogP contribution >= 0.6 is 15.9 Å². The lowest BCUT2D eigenvalue weighted by Crippen LogP contribution is -2.48. The van der Waals surface area contributed by atoms with Crippen LogP contribution in [0.4, 0.5) is 4.39 Å². The van der Waals surface area contributed by atoms with E-state index < -0.39 is 11.7 Å². The van der Waals surface area contributed by atoms with E-state index >= 15 is 0 Å². The molecule has 2 aromatic rings. The molecule has 1 heterocycles. The van der Waals surface area contributed by atoms with Crippen molar-refractivity contribution < 1.29 is 14.0 Å². The fourth-order valence-electron chi connectivity index (χ4n) is 3.51. The summed E-state index contributed by atoms with van der Waals surface area (Å²) in [4.78, 5) is 28.9. The summed E-state index contributed by atoms with van der Waals surface area (Å²) in [7, 11) is 0. The van der Waals surface area contributed by atoms with Crippen molar-refractivity contribution in [1.82, 2.24) is 20.4 Å². The molecule has 0 bridgehead atoms. The fraction of sp³-hybridized carbons (Fsp3) is 0.391. The number of piperazine rings is 1. The van der Waals surface area contributed by atoms with Crippen molar-refractivity contribution in [2.24, 2.45) is 0 Å². The lowest BCUT2D eigenvalue weighted by Gasteiger charge is -2.34. The zero-order valence-corrected chi connectivity index (χ0v) is 19.0. The van der Waals surface area contributed by atoms with Gasteiger partial charge in [0.15, 0.2) is 0 Å². The fourth-order valence-corrected chi connectivity index (χ4v) is 3.94. The molecule has 0 aliphatic carbocycles. The van der Waals surface area contributed by atoms with Crippen LogP contribution in [-0.2, 0) is 11.3 Å². The smallest absolute Gasteiger partial charge is 0.252 e. The molecule has 0 aromatic heterocycles. The summed E-state index contributed by atoms with van der Waals surface area (Å²) < 4.78 is 13.8. The maximum atomic E-state index is 13.3. The van der Waals surface area contributed by atoms with E-state index in [9.17, 15) is 14.0 Å². The van der Waals surface area contributed by atoms with Gasteiger partial charge in [-0.2, -0.15) is 0 Å². The number of benzene rings is 2. The van der Waals surface area contributed by atoms with Crippen molar-refractivity contribution >= 4 is 27.7 Å². The maximum absolute atomic E-state index is 13.3. The highest BCUT2D eigenvalue weighted by Gasteiger charge is 2.17. The Hall–Kier alpha value is -2.29. The summed E-state index contributed by atoms with van der Waals surface area (Å²) in [5.74, 6) is -0.999. The van der Waals surface area contributed by atoms with Crippen molar-refractivity contribution in [3.8, 4) is 0 Å². The Bertz CT molecular complexity index is 873. The Morgan fingerprint density at radius 1 is 0.935 bits per heavy atom. The van der Waals surface area contributed by atoms with Crippen LogP contribution in [0.15, 0.2) is 53.0 Å². The largest absolute Gasteiger partial charge is 0.355 e. The minimum absolute atomic E-state index is 0.110. The van der Waals surface area contributed by atoms with Gasteiger partial charge in [0, 0.05) is 63.3 Å². The Morgan fingerprint density at radius 2 is 1.65 bits per heavy atom. The molecule has 0 radical (unpaired) electrons. The summed E-state index contributed by atoms with van der Waals surface area (Å²) in [6.45, 7) is 6.58. The molecule has 0 saturated carbocycles. The average molecular weight is 491 g/mol. The van der Waals surface area contributed by atoms with E-state index in [0.717, 1.165) is 39.3 Å². The molecule has 166 valence electrons. The van der Waals surface area contributed by atoms with E-state index in [2.05, 4.69) is 60.6 Å². The standard InChI is InChI=1S/C23H28BrFN4O2/c24-21-7-6-19(25)16-20(21)23(31)27-9-8-22(30)26-10-11-28-12-14-29(15-13-28)17-18-4-2-1-3-5-18/h1-7,16H,8-15,17H2,(H,26,30)(H,27,31). The van der Waals surface area contributed by atoms with Gasteiger partial charge in [0.25, 0.3) is 5.91 Å². The zero-order chi connectivity index (χ0) is 22.1. The normalized spacial score (nSPS) is 14.9. The number of hydrogen-bond donors (Lipinski definition) is 2. The van der Waals surface area contributed by atoms with Crippen LogP contribution in [-0.4, -0.2) is 67.4 Å². The molecule has 1 fully saturated rings. The molecule has 2 amide bonds. The first-order valence-corrected chi connectivity index (χ1v) is 11.3. The van der Waals surface area contributed by atoms with Crippen molar-refractivity contribution in [2.75, 3.05) is 45.8 Å². The van der Waals surface area contributed by atoms with Crippen molar-refractivity contribution in [3.05, 3.63) is 69.9 Å². The summed E-state index contributed by atoms with van der Waals surface area (Å²) >= 11 is 3.23. The van der Waals surface area contributed by atoms with Gasteiger partial charge in [-0.05, 0) is 39.7 Å². The third kappa shape index (κ3) is 7.72. The van der Waals surface area contributed by atoms with Crippen molar-refractivity contribution in [2.45, 2.75) is 13.0 Å². The lowest BCUT2D eigenvalue weighted by molar-refractivity contribution is -0.121. The van der Waals surface area contributed by atoms with Crippen LogP contribution in [0.3, 0.4) is 0 Å². The predicted molar refractivity (Wildman–Crippen MR) is 122 cm³/mol. The van der Waals surface area contributed by atoms with Crippen LogP contribution in [0, 0.1) is 5.82 Å². The van der Waals surface area contributed by atoms with Gasteiger partial charge in [-0.25, -0.2) is 4.39 Å². The van der Waals surface area contributed by atoms with Gasteiger partial charge >= 0.3 is 0 Å². The van der Waals surface area contributed by atoms with Gasteiger partial charge in [0.2, 0.25) is 5.91 Å². The second-order valence-electron chi connectivity index (χ2n) is 7.58. The van der Waals surface area contributed by atoms with Gasteiger partial charge in [-0.15, -0.1) is 0 Å². The highest BCUT2D eigenvalue weighted by atomic mass is 79.9. The lowest BCUT2D eigenvalue weighted by atomic mass is 10.2. The SMILES string of the molecule is O=C(CCNC(=O)c1cc(F)ccc1Br)NCCN1CCN(Cc2ccccc2)CC1. The van der Waals surface area contributed by atoms with Gasteiger partial charge in [0.05, 0.1) is 5.56 Å². The van der Waals surface area contributed by atoms with Crippen LogP contribution in [0.25, 0.3) is 0 Å². The molecule has 2 aromatic carbocycles. The highest BCUT2D eigenvalue weighted by molar-refractivity contribution is 9.10. The quantitative estimate of drug-likeness (QED) is 0.567. The molecule has 0 atom stereocenters. The van der Waals surface area contributed by atoms with Gasteiger partial charge in [-0.1, -0.05) is 30.3 Å². The van der Waals surface area contributed by atoms with Gasteiger partial charge in [0.1, 0.15) is 5.82 Å². The Morgan fingerprint density at radius 3 is 2.39 bits per heavy atom. The zero-order valence-electron chi connectivity index (χ0n) is 17.4. The van der Waals surface area contributed by atoms with Crippen LogP contribution < -0.4 is 10.6 Å². The van der Waals surface area contributed by atoms with Crippen LogP contribution in [0.5, 0.6) is 0 Å². The number of carbonyl (C=O) groups excluding carboxylic acids is 2. The van der Waals surface area contributed by atoms with E-state index in [1.54, 1.807) is 0 Å². The van der Waals surface area contributed by atoms with Gasteiger partial charge in [-0.3, -0.25) is 19.4 Å². The van der Waals surface area contributed by atoms with Crippen LogP contribution in [0.2, 0.25) is 0 Å². The molecular weight excluding hydrogens is 463 g/mol. The summed E-state index contributed by atoms with van der Waals surface area (Å²) in [6, 6.07) is 14.4. The molecule has 1 aliphatic heterocycles. The topological polar surface area (TPSA) is 64.7 Å². The number of nitrogens with one attached hydrogen (secondary N) is 2. The molecule has 3 rings (SSSR count). The van der Waals surface area contributed by atoms with Crippen LogP contribution in [0.1, 0.15) is 22.3 Å². The van der Waals surface area contributed by atoms with E-state index in [0.29, 0.717) is 11.0 Å². The van der Waals surface area contributed by atoms with Gasteiger partial charge < -0.3 is 10.6 Å². The number of rotatable bonds is 9. The molecule has 8 heteroatoms. The molecule has 0 unspecified atom stereocenters. The second kappa shape index (κ2) is 11.9. The number of hydrogen-bond acceptors (Lipinski definition) is 4. The summed E-state index contributed by atoms with van der Waals surface area (Å²) in [5.41, 5.74) is 1.55. The Labute approximate surface area is 190 Å². The average Bonchev–Trinajstić information content (AvgIpc) is 2.77. The molecule has 1 aliphatic rings. The second-order valence-corrected chi connectivity index (χ2v) is 8.44. The van der Waals surface area contributed by atoms with E-state index in [4.69, 9.17) is 0 Å². The third-order valence-electron chi connectivity index (χ3n) is 5.27. The van der Waals surface area contributed by atoms with Crippen molar-refractivity contribution in [3.63, 3.8) is 0 Å². The summed E-state index contributed by atoms with van der Waals surface area (Å²) in [6.07, 6.45) is 0.184. The Kier molecular flexibility index (Phi) is 8.99. The molecule has 31 heavy (non-hydrogen) atoms. The monoisotopic (exact) mass is 490 g/mol. The number of carbonyl (C=O) groups is 2. The third-order valence-corrected chi connectivity index (χ3v) is 5.97. The number of nitrogens with zero attached hydrogens (tertiary/aromatic N) is 2. The molecule has 1 saturated heterocycles. The first kappa shape index (κ1) is 23.4. The first-order chi connectivity index (χ1) is 15.0. The van der Waals surface area contributed by atoms with E-state index in [1.807, 2.05) is 6.07 Å². The predicted octanol–water partition coefficient (Wildman–Crippen LogP) is 2.64. The molecule has 0 spiro atoms. The van der Waals surface area contributed by atoms with Crippen molar-refractivity contribution in [1.29, 1.82) is 0 Å². The van der Waals surface area contributed by atoms with E-state index in [-0.39, 0.29) is 24.4 Å². The number of halogens is 2. The Balaban J connectivity index is 1.27. The molecule has 2 N–H and O–H groups in total.